The van der Waals surface area contributed by atoms with Crippen molar-refractivity contribution in [3.05, 3.63) is 0 Å². The molecule has 0 aromatic heterocycles. The van der Waals surface area contributed by atoms with E-state index in [1.54, 1.807) is 0 Å². The van der Waals surface area contributed by atoms with Crippen LogP contribution in [-0.4, -0.2) is 53.0 Å². The van der Waals surface area contributed by atoms with Gasteiger partial charge in [-0.2, -0.15) is 8.42 Å². The van der Waals surface area contributed by atoms with E-state index in [1.807, 2.05) is 0 Å². The van der Waals surface area contributed by atoms with Crippen molar-refractivity contribution in [2.75, 3.05) is 26.6 Å². The second-order valence-corrected chi connectivity index (χ2v) is 4.85. The molecule has 0 bridgehead atoms. The maximum absolute atomic E-state index is 11.1. The molecule has 0 amide bonds. The molecule has 0 saturated carbocycles. The molecule has 0 rings (SSSR count). The number of hydrogen-bond acceptors (Lipinski definition) is 8. The van der Waals surface area contributed by atoms with Gasteiger partial charge in [-0.3, -0.25) is 13.8 Å². The minimum atomic E-state index is -3.70. The first kappa shape index (κ1) is 15.8. The molecule has 17 heavy (non-hydrogen) atoms. The molecule has 0 heterocycles. The van der Waals surface area contributed by atoms with E-state index in [0.29, 0.717) is 0 Å². The van der Waals surface area contributed by atoms with E-state index in [9.17, 15) is 18.0 Å². The molecule has 0 aromatic carbocycles. The number of rotatable bonds is 7. The molecule has 1 unspecified atom stereocenters. The largest absolute Gasteiger partial charge is 0.468 e. The smallest absolute Gasteiger partial charge is 0.326 e. The van der Waals surface area contributed by atoms with Crippen LogP contribution < -0.4 is 5.73 Å². The van der Waals surface area contributed by atoms with Crippen LogP contribution in [0.3, 0.4) is 0 Å². The second kappa shape index (κ2) is 7.20. The SMILES string of the molecule is COC(=O)C(N)COC(=O)CCS(=O)(=O)OC. The summed E-state index contributed by atoms with van der Waals surface area (Å²) in [5.41, 5.74) is 5.29. The molecule has 0 saturated heterocycles. The fourth-order valence-corrected chi connectivity index (χ4v) is 1.35. The van der Waals surface area contributed by atoms with Gasteiger partial charge in [0.25, 0.3) is 10.1 Å². The van der Waals surface area contributed by atoms with Crippen LogP contribution in [0.15, 0.2) is 0 Å². The lowest BCUT2D eigenvalue weighted by Gasteiger charge is -2.09. The van der Waals surface area contributed by atoms with Crippen LogP contribution >= 0.6 is 0 Å². The maximum Gasteiger partial charge on any atom is 0.326 e. The van der Waals surface area contributed by atoms with Crippen molar-refractivity contribution >= 4 is 22.1 Å². The van der Waals surface area contributed by atoms with Crippen LogP contribution in [0.2, 0.25) is 0 Å². The number of carbonyl (C=O) groups excluding carboxylic acids is 2. The molecule has 100 valence electrons. The van der Waals surface area contributed by atoms with Gasteiger partial charge in [0.2, 0.25) is 0 Å². The lowest BCUT2D eigenvalue weighted by atomic mass is 10.3. The molecule has 8 nitrogen and oxygen atoms in total. The van der Waals surface area contributed by atoms with Crippen LogP contribution in [-0.2, 0) is 33.4 Å². The summed E-state index contributed by atoms with van der Waals surface area (Å²) in [4.78, 5) is 21.9. The molecular formula is C8H15NO7S. The van der Waals surface area contributed by atoms with Crippen LogP contribution in [0.5, 0.6) is 0 Å². The zero-order valence-electron chi connectivity index (χ0n) is 9.54. The third-order valence-corrected chi connectivity index (χ3v) is 2.95. The van der Waals surface area contributed by atoms with Gasteiger partial charge in [-0.15, -0.1) is 0 Å². The van der Waals surface area contributed by atoms with Gasteiger partial charge in [0.05, 0.1) is 26.4 Å². The van der Waals surface area contributed by atoms with E-state index in [-0.39, 0.29) is 13.0 Å². The highest BCUT2D eigenvalue weighted by atomic mass is 32.2. The van der Waals surface area contributed by atoms with Crippen molar-refractivity contribution < 1.29 is 31.7 Å². The maximum atomic E-state index is 11.1. The quantitative estimate of drug-likeness (QED) is 0.433. The molecule has 1 atom stereocenters. The third-order valence-electron chi connectivity index (χ3n) is 1.74. The predicted molar refractivity (Wildman–Crippen MR) is 56.4 cm³/mol. The molecule has 9 heteroatoms. The van der Waals surface area contributed by atoms with Crippen molar-refractivity contribution in [2.45, 2.75) is 12.5 Å². The molecule has 0 aliphatic rings. The summed E-state index contributed by atoms with van der Waals surface area (Å²) < 4.78 is 34.8. The Balaban J connectivity index is 3.93. The van der Waals surface area contributed by atoms with Crippen LogP contribution in [0.4, 0.5) is 0 Å². The number of esters is 2. The Morgan fingerprint density at radius 2 is 1.88 bits per heavy atom. The van der Waals surface area contributed by atoms with Gasteiger partial charge in [0, 0.05) is 0 Å². The first-order chi connectivity index (χ1) is 7.82. The number of hydrogen-bond donors (Lipinski definition) is 1. The molecule has 0 fully saturated rings. The Hall–Kier alpha value is -1.19. The van der Waals surface area contributed by atoms with Gasteiger partial charge in [0.15, 0.2) is 0 Å². The van der Waals surface area contributed by atoms with Crippen LogP contribution in [0.1, 0.15) is 6.42 Å². The Labute approximate surface area is 99.1 Å². The van der Waals surface area contributed by atoms with Gasteiger partial charge in [-0.25, -0.2) is 0 Å². The Kier molecular flexibility index (Phi) is 6.69. The summed E-state index contributed by atoms with van der Waals surface area (Å²) >= 11 is 0. The fraction of sp³-hybridized carbons (Fsp3) is 0.750. The average molecular weight is 269 g/mol. The van der Waals surface area contributed by atoms with Gasteiger partial charge in [-0.05, 0) is 0 Å². The lowest BCUT2D eigenvalue weighted by molar-refractivity contribution is -0.149. The monoisotopic (exact) mass is 269 g/mol. The van der Waals surface area contributed by atoms with E-state index in [0.717, 1.165) is 14.2 Å². The highest BCUT2D eigenvalue weighted by Crippen LogP contribution is 1.97. The summed E-state index contributed by atoms with van der Waals surface area (Å²) in [6, 6.07) is -1.08. The summed E-state index contributed by atoms with van der Waals surface area (Å²) in [5.74, 6) is -2.00. The third kappa shape index (κ3) is 6.87. The summed E-state index contributed by atoms with van der Waals surface area (Å²) in [7, 11) is -1.56. The topological polar surface area (TPSA) is 122 Å². The highest BCUT2D eigenvalue weighted by Gasteiger charge is 2.17. The molecule has 0 aliphatic heterocycles. The predicted octanol–water partition coefficient (Wildman–Crippen LogP) is -1.60. The summed E-state index contributed by atoms with van der Waals surface area (Å²) in [6.45, 7) is -0.363. The second-order valence-electron chi connectivity index (χ2n) is 2.99. The first-order valence-corrected chi connectivity index (χ1v) is 6.17. The van der Waals surface area contributed by atoms with Gasteiger partial charge < -0.3 is 15.2 Å². The highest BCUT2D eigenvalue weighted by molar-refractivity contribution is 7.86. The normalized spacial score (nSPS) is 12.9. The van der Waals surface area contributed by atoms with Gasteiger partial charge in [0.1, 0.15) is 12.6 Å². The van der Waals surface area contributed by atoms with Crippen molar-refractivity contribution in [1.82, 2.24) is 0 Å². The number of carbonyl (C=O) groups is 2. The Morgan fingerprint density at radius 3 is 2.35 bits per heavy atom. The standard InChI is InChI=1S/C8H15NO7S/c1-14-8(11)6(9)5-16-7(10)3-4-17(12,13)15-2/h6H,3-5,9H2,1-2H3. The molecular weight excluding hydrogens is 254 g/mol. The van der Waals surface area contributed by atoms with Crippen molar-refractivity contribution in [1.29, 1.82) is 0 Å². The lowest BCUT2D eigenvalue weighted by Crippen LogP contribution is -2.37. The number of nitrogens with two attached hydrogens (primary N) is 1. The van der Waals surface area contributed by atoms with Crippen LogP contribution in [0, 0.1) is 0 Å². The van der Waals surface area contributed by atoms with E-state index >= 15 is 0 Å². The molecule has 0 spiro atoms. The summed E-state index contributed by atoms with van der Waals surface area (Å²) in [5, 5.41) is 0. The molecule has 0 aliphatic carbocycles. The molecule has 0 radical (unpaired) electrons. The van der Waals surface area contributed by atoms with E-state index in [1.165, 1.54) is 0 Å². The average Bonchev–Trinajstić information content (AvgIpc) is 2.32. The zero-order chi connectivity index (χ0) is 13.5. The molecule has 0 aromatic rings. The Bertz CT molecular complexity index is 364. The van der Waals surface area contributed by atoms with Crippen LogP contribution in [0.25, 0.3) is 0 Å². The van der Waals surface area contributed by atoms with Gasteiger partial charge >= 0.3 is 11.9 Å². The zero-order valence-corrected chi connectivity index (χ0v) is 10.4. The fourth-order valence-electron chi connectivity index (χ4n) is 0.766. The minimum absolute atomic E-state index is 0.363. The van der Waals surface area contributed by atoms with Crippen molar-refractivity contribution in [3.63, 3.8) is 0 Å². The Morgan fingerprint density at radius 1 is 1.29 bits per heavy atom. The molecule has 2 N–H and O–H groups in total. The van der Waals surface area contributed by atoms with Crippen molar-refractivity contribution in [3.8, 4) is 0 Å². The van der Waals surface area contributed by atoms with E-state index < -0.39 is 33.9 Å². The van der Waals surface area contributed by atoms with E-state index in [2.05, 4.69) is 13.7 Å². The number of methoxy groups -OCH3 is 1. The van der Waals surface area contributed by atoms with Gasteiger partial charge in [-0.1, -0.05) is 0 Å². The summed E-state index contributed by atoms with van der Waals surface area (Å²) in [6.07, 6.45) is -0.371. The minimum Gasteiger partial charge on any atom is -0.468 e. The van der Waals surface area contributed by atoms with Crippen molar-refractivity contribution in [2.24, 2.45) is 5.73 Å². The number of ether oxygens (including phenoxy) is 2. The van der Waals surface area contributed by atoms with E-state index in [4.69, 9.17) is 5.73 Å². The first-order valence-electron chi connectivity index (χ1n) is 4.59.